The lowest BCUT2D eigenvalue weighted by Crippen LogP contribution is -2.26. The summed E-state index contributed by atoms with van der Waals surface area (Å²) in [5, 5.41) is 0. The lowest BCUT2D eigenvalue weighted by atomic mass is 10.3. The summed E-state index contributed by atoms with van der Waals surface area (Å²) in [5.41, 5.74) is 0. The molecular weight excluding hydrogens is 256 g/mol. The van der Waals surface area contributed by atoms with Crippen LogP contribution in [0, 0.1) is 0 Å². The predicted octanol–water partition coefficient (Wildman–Crippen LogP) is 0.282. The first-order valence-electron chi connectivity index (χ1n) is 5.15. The van der Waals surface area contributed by atoms with Crippen LogP contribution in [0.2, 0.25) is 0 Å². The van der Waals surface area contributed by atoms with E-state index in [1.807, 2.05) is 0 Å². The van der Waals surface area contributed by atoms with E-state index in [1.165, 1.54) is 26.6 Å². The second kappa shape index (κ2) is 5.72. The maximum Gasteiger partial charge on any atom is 0.332 e. The first-order valence-corrected chi connectivity index (χ1v) is 6.63. The van der Waals surface area contributed by atoms with Gasteiger partial charge in [0.1, 0.15) is 11.5 Å². The van der Waals surface area contributed by atoms with E-state index in [0.717, 1.165) is 0 Å². The van der Waals surface area contributed by atoms with Gasteiger partial charge < -0.3 is 9.47 Å². The molecule has 0 aliphatic rings. The van der Waals surface area contributed by atoms with Crippen molar-refractivity contribution in [3.63, 3.8) is 0 Å². The van der Waals surface area contributed by atoms with Gasteiger partial charge in [0, 0.05) is 6.07 Å². The zero-order valence-electron chi connectivity index (χ0n) is 10.8. The van der Waals surface area contributed by atoms with E-state index in [-0.39, 0.29) is 10.6 Å². The molecule has 0 bridgehead atoms. The summed E-state index contributed by atoms with van der Waals surface area (Å²) in [7, 11) is 2.63. The highest BCUT2D eigenvalue weighted by atomic mass is 32.2. The molecule has 0 saturated carbocycles. The van der Waals surface area contributed by atoms with E-state index in [9.17, 15) is 8.42 Å². The van der Waals surface area contributed by atoms with Crippen molar-refractivity contribution in [3.8, 4) is 11.5 Å². The first-order chi connectivity index (χ1) is 8.40. The summed E-state index contributed by atoms with van der Waals surface area (Å²) < 4.78 is 38.1. The Bertz CT molecular complexity index is 548. The Morgan fingerprint density at radius 3 is 2.39 bits per heavy atom. The van der Waals surface area contributed by atoms with Crippen molar-refractivity contribution < 1.29 is 22.5 Å². The number of ether oxygens (including phenoxy) is 2. The Kier molecular flexibility index (Phi) is 4.55. The second-order valence-electron chi connectivity index (χ2n) is 3.73. The highest BCUT2D eigenvalue weighted by molar-refractivity contribution is 7.90. The second-order valence-corrected chi connectivity index (χ2v) is 5.41. The van der Waals surface area contributed by atoms with Crippen molar-refractivity contribution in [3.05, 3.63) is 18.2 Å². The number of nitrogens with zero attached hydrogens (tertiary/aromatic N) is 1. The molecule has 1 aromatic rings. The summed E-state index contributed by atoms with van der Waals surface area (Å²) in [6.45, 7) is 0. The number of sulfonamides is 1. The highest BCUT2D eigenvalue weighted by Crippen LogP contribution is 2.27. The predicted molar refractivity (Wildman–Crippen MR) is 68.0 cm³/mol. The fourth-order valence-corrected chi connectivity index (χ4v) is 2.40. The van der Waals surface area contributed by atoms with Crippen LogP contribution < -0.4 is 14.2 Å². The fraction of sp³-hybridized carbons (Fsp3) is 0.364. The van der Waals surface area contributed by atoms with Crippen molar-refractivity contribution in [2.75, 3.05) is 28.3 Å². The molecule has 0 saturated heterocycles. The minimum Gasteiger partial charge on any atom is -0.497 e. The van der Waals surface area contributed by atoms with Crippen LogP contribution in [-0.4, -0.2) is 47.6 Å². The summed E-state index contributed by atoms with van der Waals surface area (Å²) >= 11 is 0. The fourth-order valence-electron chi connectivity index (χ4n) is 1.23. The van der Waals surface area contributed by atoms with Gasteiger partial charge in [0.2, 0.25) is 6.34 Å². The van der Waals surface area contributed by atoms with Gasteiger partial charge in [0.05, 0.1) is 28.3 Å². The molecule has 0 atom stereocenters. The third-order valence-corrected chi connectivity index (χ3v) is 3.44. The molecule has 1 N–H and O–H groups in total. The van der Waals surface area contributed by atoms with Gasteiger partial charge in [-0.05, 0) is 12.1 Å². The van der Waals surface area contributed by atoms with Gasteiger partial charge in [-0.15, -0.1) is 0 Å². The number of nitrogens with one attached hydrogen (secondary N) is 1. The molecule has 100 valence electrons. The lowest BCUT2D eigenvalue weighted by Gasteiger charge is -2.08. The Morgan fingerprint density at radius 1 is 1.22 bits per heavy atom. The van der Waals surface area contributed by atoms with Gasteiger partial charge in [-0.3, -0.25) is 4.58 Å². The van der Waals surface area contributed by atoms with E-state index in [1.54, 1.807) is 30.8 Å². The molecule has 0 spiro atoms. The van der Waals surface area contributed by atoms with Gasteiger partial charge in [0.25, 0.3) is 0 Å². The summed E-state index contributed by atoms with van der Waals surface area (Å²) in [6, 6.07) is 4.58. The molecule has 0 heterocycles. The van der Waals surface area contributed by atoms with Crippen LogP contribution in [0.15, 0.2) is 23.1 Å². The Labute approximate surface area is 107 Å². The summed E-state index contributed by atoms with van der Waals surface area (Å²) in [4.78, 5) is 0.0300. The molecule has 0 unspecified atom stereocenters. The van der Waals surface area contributed by atoms with E-state index in [4.69, 9.17) is 9.47 Å². The van der Waals surface area contributed by atoms with Crippen LogP contribution in [0.1, 0.15) is 0 Å². The number of rotatable bonds is 5. The van der Waals surface area contributed by atoms with Crippen LogP contribution in [0.25, 0.3) is 0 Å². The average molecular weight is 273 g/mol. The molecule has 0 aliphatic heterocycles. The van der Waals surface area contributed by atoms with E-state index in [0.29, 0.717) is 5.75 Å². The molecule has 0 fully saturated rings. The number of benzene rings is 1. The lowest BCUT2D eigenvalue weighted by molar-refractivity contribution is -0.460. The Balaban J connectivity index is 3.25. The highest BCUT2D eigenvalue weighted by Gasteiger charge is 2.23. The van der Waals surface area contributed by atoms with Gasteiger partial charge in [-0.1, -0.05) is 0 Å². The number of hydrogen-bond donors (Lipinski definition) is 1. The molecule has 0 aromatic heterocycles. The monoisotopic (exact) mass is 273 g/mol. The van der Waals surface area contributed by atoms with Crippen LogP contribution in [0.3, 0.4) is 0 Å². The molecule has 1 aromatic carbocycles. The van der Waals surface area contributed by atoms with Crippen LogP contribution in [0.5, 0.6) is 11.5 Å². The van der Waals surface area contributed by atoms with Gasteiger partial charge >= 0.3 is 10.0 Å². The normalized spacial score (nSPS) is 10.7. The zero-order valence-corrected chi connectivity index (χ0v) is 11.6. The maximum absolute atomic E-state index is 12.1. The Hall–Kier alpha value is -1.76. The first kappa shape index (κ1) is 14.3. The summed E-state index contributed by atoms with van der Waals surface area (Å²) in [5.74, 6) is 0.705. The van der Waals surface area contributed by atoms with Gasteiger partial charge in [-0.2, -0.15) is 13.1 Å². The van der Waals surface area contributed by atoms with E-state index < -0.39 is 10.0 Å². The van der Waals surface area contributed by atoms with Gasteiger partial charge in [-0.25, -0.2) is 0 Å². The molecule has 0 amide bonds. The van der Waals surface area contributed by atoms with Crippen molar-refractivity contribution in [2.45, 2.75) is 4.90 Å². The van der Waals surface area contributed by atoms with Crippen molar-refractivity contribution in [1.82, 2.24) is 4.72 Å². The molecule has 7 heteroatoms. The van der Waals surface area contributed by atoms with Crippen molar-refractivity contribution in [2.24, 2.45) is 0 Å². The molecule has 0 aliphatic carbocycles. The van der Waals surface area contributed by atoms with Crippen LogP contribution in [0.4, 0.5) is 0 Å². The van der Waals surface area contributed by atoms with Crippen LogP contribution in [-0.2, 0) is 10.0 Å². The third-order valence-electron chi connectivity index (χ3n) is 2.13. The zero-order chi connectivity index (χ0) is 13.8. The van der Waals surface area contributed by atoms with E-state index in [2.05, 4.69) is 4.72 Å². The minimum absolute atomic E-state index is 0.0300. The van der Waals surface area contributed by atoms with Gasteiger partial charge in [0.15, 0.2) is 4.90 Å². The smallest absolute Gasteiger partial charge is 0.332 e. The minimum atomic E-state index is -3.68. The number of methoxy groups -OCH3 is 2. The largest absolute Gasteiger partial charge is 0.497 e. The standard InChI is InChI=1S/C11H16N2O4S/c1-13(2)8-12-18(14,15)11-7-9(16-3)5-6-10(11)17-4/h5-8H,1-4H3/p+1. The Morgan fingerprint density at radius 2 is 1.89 bits per heavy atom. The van der Waals surface area contributed by atoms with E-state index >= 15 is 0 Å². The molecule has 1 rings (SSSR count). The van der Waals surface area contributed by atoms with Crippen molar-refractivity contribution in [1.29, 1.82) is 0 Å². The quantitative estimate of drug-likeness (QED) is 0.475. The molecule has 18 heavy (non-hydrogen) atoms. The molecule has 6 nitrogen and oxygen atoms in total. The van der Waals surface area contributed by atoms with Crippen molar-refractivity contribution >= 4 is 16.4 Å². The topological polar surface area (TPSA) is 67.6 Å². The summed E-state index contributed by atoms with van der Waals surface area (Å²) in [6.07, 6.45) is 1.34. The number of hydrogen-bond acceptors (Lipinski definition) is 4. The maximum atomic E-state index is 12.1. The molecular formula is C11H17N2O4S+. The van der Waals surface area contributed by atoms with Crippen LogP contribution >= 0.6 is 0 Å². The average Bonchev–Trinajstić information content (AvgIpc) is 2.35. The SMILES string of the molecule is COc1ccc(OC)c(S(=O)(=O)NC=[N+](C)C)c1. The third kappa shape index (κ3) is 3.36. The molecule has 0 radical (unpaired) electrons.